The summed E-state index contributed by atoms with van der Waals surface area (Å²) in [4.78, 5) is 12.8. The maximum Gasteiger partial charge on any atom is 0.573 e. The van der Waals surface area contributed by atoms with Crippen molar-refractivity contribution in [2.24, 2.45) is 5.73 Å². The first-order valence-electron chi connectivity index (χ1n) is 3.93. The number of nitrogens with zero attached hydrogens (tertiary/aromatic N) is 2. The number of halogens is 3. The second kappa shape index (κ2) is 4.31. The van der Waals surface area contributed by atoms with Crippen molar-refractivity contribution in [3.05, 3.63) is 27.9 Å². The Labute approximate surface area is 87.0 Å². The third-order valence-corrected chi connectivity index (χ3v) is 1.47. The van der Waals surface area contributed by atoms with Gasteiger partial charge in [0.25, 0.3) is 0 Å². The Morgan fingerprint density at radius 1 is 1.50 bits per heavy atom. The predicted molar refractivity (Wildman–Crippen MR) is 45.5 cm³/mol. The van der Waals surface area contributed by atoms with E-state index in [1.54, 1.807) is 0 Å². The Morgan fingerprint density at radius 2 is 2.12 bits per heavy atom. The highest BCUT2D eigenvalue weighted by Gasteiger charge is 2.32. The standard InChI is InChI=1S/C7H6F3N3O3/c8-7(9,10)16-5-1-4(3-11)12-6(2-5)13(14)15/h1-2H,3,11H2. The highest BCUT2D eigenvalue weighted by atomic mass is 19.4. The summed E-state index contributed by atoms with van der Waals surface area (Å²) >= 11 is 0. The van der Waals surface area contributed by atoms with Crippen LogP contribution in [0.4, 0.5) is 19.0 Å². The van der Waals surface area contributed by atoms with Crippen LogP contribution in [0, 0.1) is 10.1 Å². The van der Waals surface area contributed by atoms with Crippen molar-refractivity contribution in [1.29, 1.82) is 0 Å². The Morgan fingerprint density at radius 3 is 2.56 bits per heavy atom. The van der Waals surface area contributed by atoms with Gasteiger partial charge in [-0.2, -0.15) is 0 Å². The van der Waals surface area contributed by atoms with E-state index in [0.29, 0.717) is 6.07 Å². The van der Waals surface area contributed by atoms with Crippen LogP contribution >= 0.6 is 0 Å². The molecular weight excluding hydrogens is 231 g/mol. The molecule has 1 heterocycles. The van der Waals surface area contributed by atoms with Gasteiger partial charge in [-0.25, -0.2) is 0 Å². The van der Waals surface area contributed by atoms with Crippen LogP contribution in [0.3, 0.4) is 0 Å². The first-order chi connectivity index (χ1) is 7.31. The van der Waals surface area contributed by atoms with E-state index in [4.69, 9.17) is 5.73 Å². The van der Waals surface area contributed by atoms with Gasteiger partial charge in [-0.15, -0.1) is 13.2 Å². The number of nitro groups is 1. The van der Waals surface area contributed by atoms with Crippen molar-refractivity contribution in [3.63, 3.8) is 0 Å². The highest BCUT2D eigenvalue weighted by Crippen LogP contribution is 2.25. The molecule has 1 aromatic heterocycles. The van der Waals surface area contributed by atoms with Crippen LogP contribution < -0.4 is 10.5 Å². The zero-order chi connectivity index (χ0) is 12.3. The van der Waals surface area contributed by atoms with E-state index >= 15 is 0 Å². The van der Waals surface area contributed by atoms with Crippen molar-refractivity contribution in [3.8, 4) is 5.75 Å². The number of ether oxygens (including phenoxy) is 1. The minimum Gasteiger partial charge on any atom is -0.405 e. The lowest BCUT2D eigenvalue weighted by Gasteiger charge is -2.08. The van der Waals surface area contributed by atoms with Crippen LogP contribution in [-0.2, 0) is 6.54 Å². The van der Waals surface area contributed by atoms with E-state index in [2.05, 4.69) is 9.72 Å². The lowest BCUT2D eigenvalue weighted by Crippen LogP contribution is -2.17. The molecule has 0 unspecified atom stereocenters. The molecule has 0 saturated heterocycles. The molecule has 0 atom stereocenters. The first-order valence-corrected chi connectivity index (χ1v) is 3.93. The number of rotatable bonds is 3. The molecule has 1 aromatic rings. The molecule has 88 valence electrons. The second-order valence-electron chi connectivity index (χ2n) is 2.66. The molecule has 0 radical (unpaired) electrons. The van der Waals surface area contributed by atoms with Gasteiger partial charge in [0.15, 0.2) is 5.69 Å². The summed E-state index contributed by atoms with van der Waals surface area (Å²) in [7, 11) is 0. The van der Waals surface area contributed by atoms with Crippen LogP contribution in [0.15, 0.2) is 12.1 Å². The molecule has 0 fully saturated rings. The smallest absolute Gasteiger partial charge is 0.405 e. The van der Waals surface area contributed by atoms with Crippen molar-refractivity contribution in [1.82, 2.24) is 4.98 Å². The van der Waals surface area contributed by atoms with Crippen LogP contribution in [-0.4, -0.2) is 16.3 Å². The van der Waals surface area contributed by atoms with Crippen LogP contribution in [0.1, 0.15) is 5.69 Å². The lowest BCUT2D eigenvalue weighted by atomic mass is 10.3. The normalized spacial score (nSPS) is 11.2. The topological polar surface area (TPSA) is 91.3 Å². The molecule has 0 aliphatic heterocycles. The largest absolute Gasteiger partial charge is 0.573 e. The van der Waals surface area contributed by atoms with Gasteiger partial charge in [0.1, 0.15) is 5.75 Å². The number of hydrogen-bond donors (Lipinski definition) is 1. The summed E-state index contributed by atoms with van der Waals surface area (Å²) in [6, 6.07) is 1.47. The van der Waals surface area contributed by atoms with Crippen molar-refractivity contribution >= 4 is 5.82 Å². The fourth-order valence-corrected chi connectivity index (χ4v) is 0.935. The van der Waals surface area contributed by atoms with Crippen LogP contribution in [0.5, 0.6) is 5.75 Å². The number of alkyl halides is 3. The molecular formula is C7H6F3N3O3. The van der Waals surface area contributed by atoms with Crippen molar-refractivity contribution in [2.75, 3.05) is 0 Å². The molecule has 16 heavy (non-hydrogen) atoms. The molecule has 0 aliphatic rings. The van der Waals surface area contributed by atoms with Gasteiger partial charge in [0.2, 0.25) is 0 Å². The Bertz CT molecular complexity index is 408. The maximum atomic E-state index is 11.9. The van der Waals surface area contributed by atoms with Gasteiger partial charge in [0.05, 0.1) is 12.6 Å². The molecule has 9 heteroatoms. The van der Waals surface area contributed by atoms with Crippen LogP contribution in [0.25, 0.3) is 0 Å². The highest BCUT2D eigenvalue weighted by molar-refractivity contribution is 5.34. The minimum absolute atomic E-state index is 0.0616. The van der Waals surface area contributed by atoms with E-state index in [0.717, 1.165) is 6.07 Å². The lowest BCUT2D eigenvalue weighted by molar-refractivity contribution is -0.389. The monoisotopic (exact) mass is 237 g/mol. The molecule has 0 bridgehead atoms. The predicted octanol–water partition coefficient (Wildman–Crippen LogP) is 1.35. The Kier molecular flexibility index (Phi) is 3.28. The van der Waals surface area contributed by atoms with Gasteiger partial charge in [0, 0.05) is 6.07 Å². The average Bonchev–Trinajstić information content (AvgIpc) is 2.14. The molecule has 0 amide bonds. The van der Waals surface area contributed by atoms with E-state index in [9.17, 15) is 23.3 Å². The van der Waals surface area contributed by atoms with E-state index in [-0.39, 0.29) is 12.2 Å². The molecule has 0 spiro atoms. The third-order valence-electron chi connectivity index (χ3n) is 1.47. The molecule has 6 nitrogen and oxygen atoms in total. The molecule has 0 saturated carbocycles. The van der Waals surface area contributed by atoms with Crippen LogP contribution in [0.2, 0.25) is 0 Å². The Hall–Kier alpha value is -1.90. The van der Waals surface area contributed by atoms with E-state index in [1.807, 2.05) is 0 Å². The summed E-state index contributed by atoms with van der Waals surface area (Å²) < 4.78 is 39.1. The van der Waals surface area contributed by atoms with Crippen molar-refractivity contribution < 1.29 is 22.8 Å². The van der Waals surface area contributed by atoms with Gasteiger partial charge < -0.3 is 20.6 Å². The summed E-state index contributed by atoms with van der Waals surface area (Å²) in [6.45, 7) is -0.226. The quantitative estimate of drug-likeness (QED) is 0.632. The Balaban J connectivity index is 3.09. The number of hydrogen-bond acceptors (Lipinski definition) is 5. The van der Waals surface area contributed by atoms with E-state index < -0.39 is 22.9 Å². The number of pyridine rings is 1. The minimum atomic E-state index is -4.92. The number of nitrogens with two attached hydrogens (primary N) is 1. The SMILES string of the molecule is NCc1cc(OC(F)(F)F)cc([N+](=O)[O-])n1. The van der Waals surface area contributed by atoms with Crippen molar-refractivity contribution in [2.45, 2.75) is 12.9 Å². The van der Waals surface area contributed by atoms with Gasteiger partial charge >= 0.3 is 12.2 Å². The fraction of sp³-hybridized carbons (Fsp3) is 0.286. The first kappa shape index (κ1) is 12.2. The number of aromatic nitrogens is 1. The van der Waals surface area contributed by atoms with E-state index in [1.165, 1.54) is 0 Å². The van der Waals surface area contributed by atoms with Gasteiger partial charge in [-0.3, -0.25) is 0 Å². The summed E-state index contributed by atoms with van der Waals surface area (Å²) in [5, 5.41) is 10.4. The molecule has 0 aromatic carbocycles. The summed E-state index contributed by atoms with van der Waals surface area (Å²) in [5.74, 6) is -1.46. The van der Waals surface area contributed by atoms with Gasteiger partial charge in [-0.1, -0.05) is 0 Å². The maximum absolute atomic E-state index is 11.9. The summed E-state index contributed by atoms with van der Waals surface area (Å²) in [6.07, 6.45) is -4.92. The average molecular weight is 237 g/mol. The second-order valence-corrected chi connectivity index (χ2v) is 2.66. The zero-order valence-corrected chi connectivity index (χ0v) is 7.69. The fourth-order valence-electron chi connectivity index (χ4n) is 0.935. The third kappa shape index (κ3) is 3.35. The molecule has 2 N–H and O–H groups in total. The zero-order valence-electron chi connectivity index (χ0n) is 7.69. The molecule has 1 rings (SSSR count). The molecule has 0 aliphatic carbocycles. The van der Waals surface area contributed by atoms with Gasteiger partial charge in [-0.05, 0) is 9.91 Å². The summed E-state index contributed by atoms with van der Waals surface area (Å²) in [5.41, 5.74) is 5.07.